The number of ether oxygens (including phenoxy) is 1. The van der Waals surface area contributed by atoms with Crippen LogP contribution in [0.2, 0.25) is 0 Å². The van der Waals surface area contributed by atoms with Crippen LogP contribution in [0.5, 0.6) is 0 Å². The minimum atomic E-state index is -4.34. The number of methoxy groups -OCH3 is 1. The molecule has 0 aliphatic heterocycles. The van der Waals surface area contributed by atoms with E-state index < -0.39 is 11.7 Å². The zero-order valence-electron chi connectivity index (χ0n) is 13.8. The second-order valence-corrected chi connectivity index (χ2v) is 5.33. The molecule has 0 saturated carbocycles. The molecule has 0 spiro atoms. The first kappa shape index (κ1) is 22.7. The fraction of sp³-hybridized carbons (Fsp3) is 0.562. The van der Waals surface area contributed by atoms with Crippen molar-refractivity contribution in [3.05, 3.63) is 35.4 Å². The zero-order chi connectivity index (χ0) is 17.3. The highest BCUT2D eigenvalue weighted by Crippen LogP contribution is 2.29. The Balaban J connectivity index is 0.00000529. The van der Waals surface area contributed by atoms with Crippen molar-refractivity contribution in [2.75, 3.05) is 33.4 Å². The van der Waals surface area contributed by atoms with Crippen molar-refractivity contribution in [2.24, 2.45) is 5.92 Å². The van der Waals surface area contributed by atoms with Gasteiger partial charge in [-0.15, -0.1) is 12.4 Å². The Labute approximate surface area is 146 Å². The van der Waals surface area contributed by atoms with Gasteiger partial charge in [-0.3, -0.25) is 4.79 Å². The summed E-state index contributed by atoms with van der Waals surface area (Å²) in [5.74, 6) is -0.413. The number of amides is 1. The van der Waals surface area contributed by atoms with Gasteiger partial charge in [-0.05, 0) is 24.1 Å². The van der Waals surface area contributed by atoms with E-state index >= 15 is 0 Å². The van der Waals surface area contributed by atoms with E-state index in [1.54, 1.807) is 14.0 Å². The van der Waals surface area contributed by atoms with E-state index in [-0.39, 0.29) is 24.2 Å². The highest BCUT2D eigenvalue weighted by atomic mass is 35.5. The molecule has 2 N–H and O–H groups in total. The first-order valence-corrected chi connectivity index (χ1v) is 7.48. The third kappa shape index (κ3) is 8.52. The summed E-state index contributed by atoms with van der Waals surface area (Å²) >= 11 is 0. The van der Waals surface area contributed by atoms with Gasteiger partial charge in [-0.2, -0.15) is 13.2 Å². The van der Waals surface area contributed by atoms with Gasteiger partial charge in [-0.1, -0.05) is 19.1 Å². The van der Waals surface area contributed by atoms with Crippen LogP contribution in [0.25, 0.3) is 0 Å². The number of hydrogen-bond acceptors (Lipinski definition) is 3. The first-order valence-electron chi connectivity index (χ1n) is 7.48. The Kier molecular flexibility index (Phi) is 10.7. The molecule has 1 amide bonds. The van der Waals surface area contributed by atoms with Gasteiger partial charge in [-0.25, -0.2) is 0 Å². The van der Waals surface area contributed by atoms with Crippen molar-refractivity contribution in [1.82, 2.24) is 10.6 Å². The van der Waals surface area contributed by atoms with Crippen molar-refractivity contribution >= 4 is 18.3 Å². The molecule has 8 heteroatoms. The van der Waals surface area contributed by atoms with Gasteiger partial charge >= 0.3 is 6.18 Å². The minimum Gasteiger partial charge on any atom is -0.383 e. The van der Waals surface area contributed by atoms with Crippen LogP contribution in [0.3, 0.4) is 0 Å². The molecular weight excluding hydrogens is 345 g/mol. The largest absolute Gasteiger partial charge is 0.416 e. The monoisotopic (exact) mass is 368 g/mol. The lowest BCUT2D eigenvalue weighted by atomic mass is 9.99. The molecule has 0 fully saturated rings. The maximum atomic E-state index is 12.5. The van der Waals surface area contributed by atoms with E-state index in [9.17, 15) is 18.0 Å². The molecule has 0 aromatic heterocycles. The lowest BCUT2D eigenvalue weighted by Crippen LogP contribution is -2.36. The first-order chi connectivity index (χ1) is 10.8. The third-order valence-corrected chi connectivity index (χ3v) is 3.35. The van der Waals surface area contributed by atoms with E-state index in [4.69, 9.17) is 4.74 Å². The summed E-state index contributed by atoms with van der Waals surface area (Å²) in [6.45, 7) is 4.22. The molecule has 1 unspecified atom stereocenters. The van der Waals surface area contributed by atoms with E-state index in [1.807, 2.05) is 0 Å². The van der Waals surface area contributed by atoms with E-state index in [1.165, 1.54) is 12.1 Å². The Morgan fingerprint density at radius 1 is 1.17 bits per heavy atom. The van der Waals surface area contributed by atoms with Gasteiger partial charge in [0.25, 0.3) is 0 Å². The maximum Gasteiger partial charge on any atom is 0.416 e. The quantitative estimate of drug-likeness (QED) is 0.659. The Bertz CT molecular complexity index is 481. The van der Waals surface area contributed by atoms with Gasteiger partial charge in [0.2, 0.25) is 5.91 Å². The molecule has 0 aliphatic carbocycles. The predicted octanol–water partition coefficient (Wildman–Crippen LogP) is 2.66. The minimum absolute atomic E-state index is 0. The van der Waals surface area contributed by atoms with Crippen molar-refractivity contribution in [2.45, 2.75) is 19.5 Å². The van der Waals surface area contributed by atoms with Crippen LogP contribution < -0.4 is 10.6 Å². The summed E-state index contributed by atoms with van der Waals surface area (Å²) in [6, 6.07) is 4.91. The molecule has 1 atom stereocenters. The average molecular weight is 369 g/mol. The molecule has 0 radical (unpaired) electrons. The number of nitrogens with one attached hydrogen (secondary N) is 2. The number of hydrogen-bond donors (Lipinski definition) is 2. The van der Waals surface area contributed by atoms with Crippen LogP contribution in [-0.2, 0) is 22.1 Å². The van der Waals surface area contributed by atoms with Gasteiger partial charge in [0.15, 0.2) is 0 Å². The molecule has 1 aromatic carbocycles. The molecule has 1 aromatic rings. The molecule has 0 heterocycles. The molecule has 0 saturated heterocycles. The van der Waals surface area contributed by atoms with Crippen molar-refractivity contribution < 1.29 is 22.7 Å². The SMILES string of the molecule is COCCNCCNC(=O)C(C)Cc1ccc(C(F)(F)F)cc1.Cl. The fourth-order valence-corrected chi connectivity index (χ4v) is 2.02. The number of halogens is 4. The van der Waals surface area contributed by atoms with Crippen LogP contribution in [0.4, 0.5) is 13.2 Å². The summed E-state index contributed by atoms with van der Waals surface area (Å²) in [6.07, 6.45) is -3.93. The summed E-state index contributed by atoms with van der Waals surface area (Å²) in [7, 11) is 1.62. The van der Waals surface area contributed by atoms with Gasteiger partial charge in [0.05, 0.1) is 12.2 Å². The maximum absolute atomic E-state index is 12.5. The van der Waals surface area contributed by atoms with E-state index in [0.29, 0.717) is 38.2 Å². The molecule has 0 bridgehead atoms. The summed E-state index contributed by atoms with van der Waals surface area (Å²) in [5, 5.41) is 5.90. The van der Waals surface area contributed by atoms with Gasteiger partial charge < -0.3 is 15.4 Å². The highest BCUT2D eigenvalue weighted by molar-refractivity contribution is 5.85. The van der Waals surface area contributed by atoms with Crippen LogP contribution in [0.1, 0.15) is 18.1 Å². The lowest BCUT2D eigenvalue weighted by Gasteiger charge is -2.13. The summed E-state index contributed by atoms with van der Waals surface area (Å²) in [4.78, 5) is 11.9. The van der Waals surface area contributed by atoms with Crippen LogP contribution in [-0.4, -0.2) is 39.3 Å². The van der Waals surface area contributed by atoms with Crippen LogP contribution >= 0.6 is 12.4 Å². The Morgan fingerprint density at radius 2 is 1.79 bits per heavy atom. The smallest absolute Gasteiger partial charge is 0.383 e. The summed E-state index contributed by atoms with van der Waals surface area (Å²) in [5.41, 5.74) is 0.0272. The van der Waals surface area contributed by atoms with E-state index in [2.05, 4.69) is 10.6 Å². The van der Waals surface area contributed by atoms with Crippen molar-refractivity contribution in [1.29, 1.82) is 0 Å². The van der Waals surface area contributed by atoms with Crippen LogP contribution in [0.15, 0.2) is 24.3 Å². The predicted molar refractivity (Wildman–Crippen MR) is 89.3 cm³/mol. The third-order valence-electron chi connectivity index (χ3n) is 3.35. The summed E-state index contributed by atoms with van der Waals surface area (Å²) < 4.78 is 42.3. The van der Waals surface area contributed by atoms with Crippen molar-refractivity contribution in [3.8, 4) is 0 Å². The highest BCUT2D eigenvalue weighted by Gasteiger charge is 2.30. The van der Waals surface area contributed by atoms with Crippen molar-refractivity contribution in [3.63, 3.8) is 0 Å². The Morgan fingerprint density at radius 3 is 2.33 bits per heavy atom. The molecule has 1 rings (SSSR count). The van der Waals surface area contributed by atoms with Gasteiger partial charge in [0, 0.05) is 32.7 Å². The molecular formula is C16H24ClF3N2O2. The topological polar surface area (TPSA) is 50.4 Å². The molecule has 138 valence electrons. The number of alkyl halides is 3. The molecule has 24 heavy (non-hydrogen) atoms. The Hall–Kier alpha value is -1.31. The van der Waals surface area contributed by atoms with Gasteiger partial charge in [0.1, 0.15) is 0 Å². The number of rotatable bonds is 9. The number of carbonyl (C=O) groups is 1. The van der Waals surface area contributed by atoms with Crippen LogP contribution in [0, 0.1) is 5.92 Å². The second-order valence-electron chi connectivity index (χ2n) is 5.33. The molecule has 0 aliphatic rings. The fourth-order valence-electron chi connectivity index (χ4n) is 2.02. The standard InChI is InChI=1S/C16H23F3N2O2.ClH/c1-12(15(22)21-8-7-20-9-10-23-2)11-13-3-5-14(6-4-13)16(17,18)19;/h3-6,12,20H,7-11H2,1-2H3,(H,21,22);1H. The average Bonchev–Trinajstić information content (AvgIpc) is 2.50. The van der Waals surface area contributed by atoms with E-state index in [0.717, 1.165) is 12.1 Å². The number of carbonyl (C=O) groups excluding carboxylic acids is 1. The molecule has 4 nitrogen and oxygen atoms in total. The lowest BCUT2D eigenvalue weighted by molar-refractivity contribution is -0.137. The zero-order valence-corrected chi connectivity index (χ0v) is 14.6. The number of benzene rings is 1. The second kappa shape index (κ2) is 11.3. The normalized spacial score (nSPS) is 12.4.